The summed E-state index contributed by atoms with van der Waals surface area (Å²) in [4.78, 5) is 24.7. The number of hydrogen-bond acceptors (Lipinski definition) is 3. The van der Waals surface area contributed by atoms with Gasteiger partial charge in [-0.1, -0.05) is 12.8 Å². The number of aliphatic hydroxyl groups is 1. The summed E-state index contributed by atoms with van der Waals surface area (Å²) in [5.74, 6) is -0.636. The van der Waals surface area contributed by atoms with E-state index in [0.29, 0.717) is 6.54 Å². The third-order valence-electron chi connectivity index (χ3n) is 4.66. The normalized spacial score (nSPS) is 35.4. The first-order chi connectivity index (χ1) is 8.92. The summed E-state index contributed by atoms with van der Waals surface area (Å²) in [6.45, 7) is 2.56. The minimum atomic E-state index is -0.696. The summed E-state index contributed by atoms with van der Waals surface area (Å²) in [5, 5.41) is 10.5. The Hall–Kier alpha value is -1.10. The lowest BCUT2D eigenvalue weighted by molar-refractivity contribution is -0.139. The van der Waals surface area contributed by atoms with Gasteiger partial charge >= 0.3 is 0 Å². The highest BCUT2D eigenvalue weighted by Gasteiger charge is 2.44. The van der Waals surface area contributed by atoms with E-state index in [1.54, 1.807) is 4.90 Å². The SMILES string of the molecule is CC1(O)CCCCC1C1CCCN1C(=O)CC(N)=O. The Morgan fingerprint density at radius 2 is 2.05 bits per heavy atom. The fraction of sp³-hybridized carbons (Fsp3) is 0.857. The summed E-state index contributed by atoms with van der Waals surface area (Å²) >= 11 is 0. The molecule has 1 saturated carbocycles. The Labute approximate surface area is 114 Å². The van der Waals surface area contributed by atoms with Gasteiger partial charge in [0.2, 0.25) is 11.8 Å². The van der Waals surface area contributed by atoms with Gasteiger partial charge in [0, 0.05) is 18.5 Å². The topological polar surface area (TPSA) is 83.6 Å². The number of rotatable bonds is 3. The standard InChI is InChI=1S/C14H24N2O3/c1-14(19)7-3-2-5-10(14)11-6-4-8-16(11)13(18)9-12(15)17/h10-11,19H,2-9H2,1H3,(H2,15,17). The summed E-state index contributed by atoms with van der Waals surface area (Å²) in [6, 6.07) is 0.0714. The highest BCUT2D eigenvalue weighted by molar-refractivity contribution is 5.96. The lowest BCUT2D eigenvalue weighted by Crippen LogP contribution is -2.50. The maximum absolute atomic E-state index is 12.1. The van der Waals surface area contributed by atoms with Crippen molar-refractivity contribution in [3.8, 4) is 0 Å². The van der Waals surface area contributed by atoms with Crippen LogP contribution < -0.4 is 5.73 Å². The molecule has 0 spiro atoms. The van der Waals surface area contributed by atoms with Gasteiger partial charge in [0.15, 0.2) is 0 Å². The van der Waals surface area contributed by atoms with E-state index < -0.39 is 11.5 Å². The molecule has 5 nitrogen and oxygen atoms in total. The van der Waals surface area contributed by atoms with Gasteiger partial charge in [0.05, 0.1) is 5.60 Å². The van der Waals surface area contributed by atoms with Gasteiger partial charge in [0.1, 0.15) is 6.42 Å². The van der Waals surface area contributed by atoms with Crippen LogP contribution in [0.15, 0.2) is 0 Å². The quantitative estimate of drug-likeness (QED) is 0.742. The number of nitrogens with two attached hydrogens (primary N) is 1. The zero-order chi connectivity index (χ0) is 14.0. The third kappa shape index (κ3) is 3.08. The van der Waals surface area contributed by atoms with Crippen LogP contribution in [0.1, 0.15) is 51.9 Å². The Morgan fingerprint density at radius 3 is 2.68 bits per heavy atom. The van der Waals surface area contributed by atoms with Crippen LogP contribution in [0.4, 0.5) is 0 Å². The summed E-state index contributed by atoms with van der Waals surface area (Å²) in [7, 11) is 0. The fourth-order valence-corrected chi connectivity index (χ4v) is 3.72. The molecule has 0 bridgehead atoms. The number of amides is 2. The molecular weight excluding hydrogens is 244 g/mol. The second-order valence-corrected chi connectivity index (χ2v) is 6.15. The molecule has 1 aliphatic carbocycles. The van der Waals surface area contributed by atoms with E-state index in [4.69, 9.17) is 5.73 Å². The summed E-state index contributed by atoms with van der Waals surface area (Å²) < 4.78 is 0. The second kappa shape index (κ2) is 5.49. The van der Waals surface area contributed by atoms with Gasteiger partial charge in [-0.2, -0.15) is 0 Å². The Kier molecular flexibility index (Phi) is 4.13. The number of hydrogen-bond donors (Lipinski definition) is 2. The Balaban J connectivity index is 2.09. The maximum atomic E-state index is 12.1. The monoisotopic (exact) mass is 268 g/mol. The number of primary amides is 1. The fourth-order valence-electron chi connectivity index (χ4n) is 3.72. The first-order valence-electron chi connectivity index (χ1n) is 7.22. The van der Waals surface area contributed by atoms with Gasteiger partial charge in [-0.3, -0.25) is 9.59 Å². The van der Waals surface area contributed by atoms with Crippen LogP contribution in [0.3, 0.4) is 0 Å². The van der Waals surface area contributed by atoms with Gasteiger partial charge in [-0.25, -0.2) is 0 Å². The smallest absolute Gasteiger partial charge is 0.232 e. The summed E-state index contributed by atoms with van der Waals surface area (Å²) in [5.41, 5.74) is 4.41. The van der Waals surface area contributed by atoms with E-state index in [0.717, 1.165) is 38.5 Å². The molecule has 2 fully saturated rings. The molecule has 2 amide bonds. The first kappa shape index (κ1) is 14.3. The Morgan fingerprint density at radius 1 is 1.32 bits per heavy atom. The molecule has 19 heavy (non-hydrogen) atoms. The number of likely N-dealkylation sites (tertiary alicyclic amines) is 1. The van der Waals surface area contributed by atoms with Crippen LogP contribution in [-0.2, 0) is 9.59 Å². The number of carbonyl (C=O) groups is 2. The highest BCUT2D eigenvalue weighted by atomic mass is 16.3. The molecule has 2 aliphatic rings. The van der Waals surface area contributed by atoms with Crippen LogP contribution in [0, 0.1) is 5.92 Å². The van der Waals surface area contributed by atoms with Crippen molar-refractivity contribution in [1.82, 2.24) is 4.90 Å². The molecule has 5 heteroatoms. The zero-order valence-electron chi connectivity index (χ0n) is 11.6. The van der Waals surface area contributed by atoms with Crippen molar-refractivity contribution in [2.24, 2.45) is 11.7 Å². The largest absolute Gasteiger partial charge is 0.390 e. The van der Waals surface area contributed by atoms with E-state index in [-0.39, 0.29) is 24.3 Å². The van der Waals surface area contributed by atoms with Crippen molar-refractivity contribution in [3.63, 3.8) is 0 Å². The maximum Gasteiger partial charge on any atom is 0.232 e. The van der Waals surface area contributed by atoms with Crippen molar-refractivity contribution in [1.29, 1.82) is 0 Å². The van der Waals surface area contributed by atoms with Crippen molar-refractivity contribution in [3.05, 3.63) is 0 Å². The Bertz CT molecular complexity index is 368. The van der Waals surface area contributed by atoms with E-state index in [9.17, 15) is 14.7 Å². The van der Waals surface area contributed by atoms with Crippen molar-refractivity contribution >= 4 is 11.8 Å². The molecule has 2 rings (SSSR count). The van der Waals surface area contributed by atoms with Crippen LogP contribution in [0.5, 0.6) is 0 Å². The van der Waals surface area contributed by atoms with Gasteiger partial charge in [-0.15, -0.1) is 0 Å². The average molecular weight is 268 g/mol. The molecule has 3 unspecified atom stereocenters. The highest BCUT2D eigenvalue weighted by Crippen LogP contribution is 2.40. The molecule has 1 saturated heterocycles. The number of nitrogens with zero attached hydrogens (tertiary/aromatic N) is 1. The zero-order valence-corrected chi connectivity index (χ0v) is 11.6. The van der Waals surface area contributed by atoms with Gasteiger partial charge in [-0.05, 0) is 32.6 Å². The second-order valence-electron chi connectivity index (χ2n) is 6.15. The first-order valence-corrected chi connectivity index (χ1v) is 7.22. The molecule has 0 radical (unpaired) electrons. The predicted octanol–water partition coefficient (Wildman–Crippen LogP) is 0.794. The van der Waals surface area contributed by atoms with Gasteiger partial charge < -0.3 is 15.7 Å². The molecule has 0 aromatic rings. The third-order valence-corrected chi connectivity index (χ3v) is 4.66. The number of carbonyl (C=O) groups excluding carboxylic acids is 2. The molecule has 1 heterocycles. The van der Waals surface area contributed by atoms with Gasteiger partial charge in [0.25, 0.3) is 0 Å². The lowest BCUT2D eigenvalue weighted by Gasteiger charge is -2.43. The van der Waals surface area contributed by atoms with Crippen LogP contribution >= 0.6 is 0 Å². The minimum absolute atomic E-state index is 0.0714. The minimum Gasteiger partial charge on any atom is -0.390 e. The molecule has 1 aliphatic heterocycles. The van der Waals surface area contributed by atoms with Crippen molar-refractivity contribution in [2.45, 2.75) is 63.5 Å². The van der Waals surface area contributed by atoms with Crippen LogP contribution in [0.2, 0.25) is 0 Å². The molecule has 3 N–H and O–H groups in total. The predicted molar refractivity (Wildman–Crippen MR) is 71.1 cm³/mol. The molecule has 0 aromatic carbocycles. The van der Waals surface area contributed by atoms with Crippen LogP contribution in [-0.4, -0.2) is 40.0 Å². The van der Waals surface area contributed by atoms with E-state index in [2.05, 4.69) is 0 Å². The summed E-state index contributed by atoms with van der Waals surface area (Å²) in [6.07, 6.45) is 5.56. The van der Waals surface area contributed by atoms with Crippen molar-refractivity contribution in [2.75, 3.05) is 6.54 Å². The van der Waals surface area contributed by atoms with E-state index >= 15 is 0 Å². The van der Waals surface area contributed by atoms with E-state index in [1.807, 2.05) is 6.92 Å². The molecular formula is C14H24N2O3. The van der Waals surface area contributed by atoms with Crippen LogP contribution in [0.25, 0.3) is 0 Å². The van der Waals surface area contributed by atoms with Crippen molar-refractivity contribution < 1.29 is 14.7 Å². The van der Waals surface area contributed by atoms with E-state index in [1.165, 1.54) is 0 Å². The molecule has 0 aromatic heterocycles. The molecule has 108 valence electrons. The average Bonchev–Trinajstić information content (AvgIpc) is 2.76. The lowest BCUT2D eigenvalue weighted by atomic mass is 9.72. The molecule has 3 atom stereocenters.